The van der Waals surface area contributed by atoms with Crippen LogP contribution in [0.4, 0.5) is 0 Å². The van der Waals surface area contributed by atoms with Crippen molar-refractivity contribution in [3.05, 3.63) is 97.2 Å². The molecule has 0 spiro atoms. The van der Waals surface area contributed by atoms with Gasteiger partial charge in [0.25, 0.3) is 0 Å². The monoisotopic (exact) mass is 238 g/mol. The van der Waals surface area contributed by atoms with Gasteiger partial charge in [-0.1, -0.05) is 97.2 Å². The predicted molar refractivity (Wildman–Crippen MR) is 84.5 cm³/mol. The third kappa shape index (κ3) is 13.9. The van der Waals surface area contributed by atoms with Gasteiger partial charge in [-0.25, -0.2) is 0 Å². The molecular formula is C18H22. The van der Waals surface area contributed by atoms with Gasteiger partial charge in [0.2, 0.25) is 0 Å². The van der Waals surface area contributed by atoms with Gasteiger partial charge in [0.15, 0.2) is 0 Å². The number of allylic oxidation sites excluding steroid dienone is 16. The van der Waals surface area contributed by atoms with Crippen molar-refractivity contribution in [2.24, 2.45) is 0 Å². The second kappa shape index (κ2) is 14.9. The van der Waals surface area contributed by atoms with Crippen LogP contribution < -0.4 is 0 Å². The maximum absolute atomic E-state index is 2.00. The molecule has 0 radical (unpaired) electrons. The van der Waals surface area contributed by atoms with Gasteiger partial charge in [0, 0.05) is 0 Å². The van der Waals surface area contributed by atoms with Crippen LogP contribution in [0.5, 0.6) is 0 Å². The van der Waals surface area contributed by atoms with Gasteiger partial charge in [-0.05, 0) is 13.8 Å². The van der Waals surface area contributed by atoms with Crippen LogP contribution in [-0.2, 0) is 0 Å². The van der Waals surface area contributed by atoms with Crippen molar-refractivity contribution in [3.8, 4) is 0 Å². The first kappa shape index (κ1) is 15.9. The molecule has 1 aliphatic rings. The van der Waals surface area contributed by atoms with Gasteiger partial charge in [-0.3, -0.25) is 0 Å². The third-order valence-corrected chi connectivity index (χ3v) is 1.83. The highest BCUT2D eigenvalue weighted by molar-refractivity contribution is 5.23. The Balaban J connectivity index is 0.000000327. The van der Waals surface area contributed by atoms with E-state index in [1.54, 1.807) is 0 Å². The molecule has 18 heavy (non-hydrogen) atoms. The van der Waals surface area contributed by atoms with Crippen LogP contribution in [-0.4, -0.2) is 0 Å². The zero-order valence-electron chi connectivity index (χ0n) is 11.2. The summed E-state index contributed by atoms with van der Waals surface area (Å²) in [6, 6.07) is 0. The van der Waals surface area contributed by atoms with Crippen LogP contribution in [0.3, 0.4) is 0 Å². The van der Waals surface area contributed by atoms with E-state index < -0.39 is 0 Å². The minimum absolute atomic E-state index is 2.00. The molecule has 0 aromatic carbocycles. The van der Waals surface area contributed by atoms with Gasteiger partial charge in [0.05, 0.1) is 0 Å². The van der Waals surface area contributed by atoms with Crippen molar-refractivity contribution in [2.75, 3.05) is 0 Å². The average Bonchev–Trinajstić information content (AvgIpc) is 2.34. The van der Waals surface area contributed by atoms with Crippen molar-refractivity contribution in [2.45, 2.75) is 13.8 Å². The maximum atomic E-state index is 2.00. The van der Waals surface area contributed by atoms with Gasteiger partial charge < -0.3 is 0 Å². The Labute approximate surface area is 111 Å². The van der Waals surface area contributed by atoms with E-state index in [0.29, 0.717) is 0 Å². The first-order valence-corrected chi connectivity index (χ1v) is 6.15. The molecular weight excluding hydrogens is 216 g/mol. The molecule has 0 aliphatic heterocycles. The fraction of sp³-hybridized carbons (Fsp3) is 0.111. The van der Waals surface area contributed by atoms with E-state index in [2.05, 4.69) is 0 Å². The van der Waals surface area contributed by atoms with Crippen molar-refractivity contribution in [3.63, 3.8) is 0 Å². The van der Waals surface area contributed by atoms with Crippen molar-refractivity contribution in [1.82, 2.24) is 0 Å². The molecule has 0 N–H and O–H groups in total. The second-order valence-electron chi connectivity index (χ2n) is 3.36. The fourth-order valence-electron chi connectivity index (χ4n) is 0.992. The zero-order chi connectivity index (χ0) is 13.3. The quantitative estimate of drug-likeness (QED) is 0.571. The lowest BCUT2D eigenvalue weighted by molar-refractivity contribution is 1.72. The molecule has 0 heteroatoms. The summed E-state index contributed by atoms with van der Waals surface area (Å²) in [6.45, 7) is 4.00. The summed E-state index contributed by atoms with van der Waals surface area (Å²) in [7, 11) is 0. The third-order valence-electron chi connectivity index (χ3n) is 1.83. The van der Waals surface area contributed by atoms with E-state index in [0.717, 1.165) is 0 Å². The molecule has 0 saturated heterocycles. The lowest BCUT2D eigenvalue weighted by Crippen LogP contribution is -1.55. The molecule has 0 heterocycles. The van der Waals surface area contributed by atoms with E-state index >= 15 is 0 Å². The molecule has 0 nitrogen and oxygen atoms in total. The Hall–Kier alpha value is -2.08. The molecule has 94 valence electrons. The minimum Gasteiger partial charge on any atom is -0.0877 e. The Morgan fingerprint density at radius 1 is 0.389 bits per heavy atom. The van der Waals surface area contributed by atoms with Crippen LogP contribution in [0.1, 0.15) is 13.8 Å². The topological polar surface area (TPSA) is 0 Å². The highest BCUT2D eigenvalue weighted by Crippen LogP contribution is 1.87. The zero-order valence-corrected chi connectivity index (χ0v) is 11.2. The van der Waals surface area contributed by atoms with Crippen molar-refractivity contribution in [1.29, 1.82) is 0 Å². The minimum atomic E-state index is 2.00. The molecule has 0 amide bonds. The van der Waals surface area contributed by atoms with Crippen molar-refractivity contribution < 1.29 is 0 Å². The van der Waals surface area contributed by atoms with Crippen LogP contribution in [0.25, 0.3) is 0 Å². The molecule has 1 rings (SSSR count). The van der Waals surface area contributed by atoms with E-state index in [9.17, 15) is 0 Å². The van der Waals surface area contributed by atoms with E-state index in [-0.39, 0.29) is 0 Å². The largest absolute Gasteiger partial charge is 0.0877 e. The van der Waals surface area contributed by atoms with Gasteiger partial charge in [-0.2, -0.15) is 0 Å². The summed E-state index contributed by atoms with van der Waals surface area (Å²) in [5.74, 6) is 0. The Bertz CT molecular complexity index is 318. The Morgan fingerprint density at radius 2 is 0.611 bits per heavy atom. The fourth-order valence-corrected chi connectivity index (χ4v) is 0.992. The molecule has 0 aromatic heterocycles. The summed E-state index contributed by atoms with van der Waals surface area (Å²) < 4.78 is 0. The number of hydrogen-bond acceptors (Lipinski definition) is 0. The van der Waals surface area contributed by atoms with E-state index in [1.165, 1.54) is 0 Å². The Morgan fingerprint density at radius 3 is 0.833 bits per heavy atom. The molecule has 0 fully saturated rings. The van der Waals surface area contributed by atoms with Gasteiger partial charge >= 0.3 is 0 Å². The smallest absolute Gasteiger partial charge is 0.0467 e. The summed E-state index contributed by atoms with van der Waals surface area (Å²) in [5.41, 5.74) is 0. The average molecular weight is 238 g/mol. The summed E-state index contributed by atoms with van der Waals surface area (Å²) in [6.07, 6.45) is 32.0. The summed E-state index contributed by atoms with van der Waals surface area (Å²) in [5, 5.41) is 0. The predicted octanol–water partition coefficient (Wildman–Crippen LogP) is 5.48. The first-order chi connectivity index (χ1) is 8.91. The number of hydrogen-bond donors (Lipinski definition) is 0. The molecule has 0 saturated carbocycles. The first-order valence-electron chi connectivity index (χ1n) is 6.15. The molecule has 0 aromatic rings. The highest BCUT2D eigenvalue weighted by atomic mass is 13.7. The normalized spacial score (nSPS) is 18.1. The lowest BCUT2D eigenvalue weighted by Gasteiger charge is -1.77. The SMILES string of the molecule is C/C=C/C=C/C=C/C=C/C.C1=C/C=C\C=C/C=C1. The lowest BCUT2D eigenvalue weighted by atomic mass is 10.3. The number of rotatable bonds is 3. The van der Waals surface area contributed by atoms with Gasteiger partial charge in [0.1, 0.15) is 0 Å². The standard InChI is InChI=1S/C10H14.C8H8/c1-3-5-7-9-10-8-6-4-2;1-2-4-6-8-7-5-3-1/h3-10H,1-2H3;1-8H/b5-3+,6-4+,9-7+,10-8+;2-1-,3-1?,4-2?,5-3-,6-4?,7-5?,8-6?,8-7?. The maximum Gasteiger partial charge on any atom is -0.0467 e. The van der Waals surface area contributed by atoms with Crippen LogP contribution in [0.2, 0.25) is 0 Å². The molecule has 0 unspecified atom stereocenters. The Kier molecular flexibility index (Phi) is 13.2. The van der Waals surface area contributed by atoms with E-state index in [4.69, 9.17) is 0 Å². The van der Waals surface area contributed by atoms with E-state index in [1.807, 2.05) is 111 Å². The summed E-state index contributed by atoms with van der Waals surface area (Å²) in [4.78, 5) is 0. The molecule has 1 aliphatic carbocycles. The van der Waals surface area contributed by atoms with Gasteiger partial charge in [-0.15, -0.1) is 0 Å². The second-order valence-corrected chi connectivity index (χ2v) is 3.36. The van der Waals surface area contributed by atoms with Crippen LogP contribution >= 0.6 is 0 Å². The molecule has 0 bridgehead atoms. The molecule has 0 atom stereocenters. The summed E-state index contributed by atoms with van der Waals surface area (Å²) >= 11 is 0. The van der Waals surface area contributed by atoms with Crippen molar-refractivity contribution >= 4 is 0 Å². The van der Waals surface area contributed by atoms with Crippen LogP contribution in [0.15, 0.2) is 97.2 Å². The highest BCUT2D eigenvalue weighted by Gasteiger charge is 1.65. The van der Waals surface area contributed by atoms with Crippen LogP contribution in [0, 0.1) is 0 Å².